The van der Waals surface area contributed by atoms with Crippen LogP contribution in [-0.2, 0) is 25.6 Å². The van der Waals surface area contributed by atoms with Gasteiger partial charge in [0.25, 0.3) is 5.91 Å². The molecule has 3 atom stereocenters. The molecule has 0 saturated carbocycles. The molecule has 2 aromatic carbocycles. The van der Waals surface area contributed by atoms with Gasteiger partial charge in [0, 0.05) is 18.0 Å². The van der Waals surface area contributed by atoms with E-state index in [0.717, 1.165) is 11.1 Å². The van der Waals surface area contributed by atoms with E-state index in [-0.39, 0.29) is 24.8 Å². The standard InChI is InChI=1S/C23H24N4O4/c24-19(28)13-27-18-9-5-4-8-15(18)12-16(14-6-2-1-3-7-14)21(23(27)31)26-22(30)17-10-11-20(29)25-17/h1-9,16-17,21H,10-13H2,(H2,24,28)(H,25,29)(H,26,30)/t16-,17-,21-/m0/s1. The van der Waals surface area contributed by atoms with Crippen LogP contribution in [0.4, 0.5) is 5.69 Å². The number of nitrogens with two attached hydrogens (primary N) is 1. The quantitative estimate of drug-likeness (QED) is 0.656. The summed E-state index contributed by atoms with van der Waals surface area (Å²) in [6.07, 6.45) is 1.15. The Morgan fingerprint density at radius 2 is 1.77 bits per heavy atom. The molecule has 4 amide bonds. The summed E-state index contributed by atoms with van der Waals surface area (Å²) in [5.41, 5.74) is 7.82. The molecular weight excluding hydrogens is 396 g/mol. The minimum absolute atomic E-state index is 0.185. The molecular formula is C23H24N4O4. The van der Waals surface area contributed by atoms with E-state index in [1.165, 1.54) is 4.90 Å². The topological polar surface area (TPSA) is 122 Å². The Labute approximate surface area is 179 Å². The van der Waals surface area contributed by atoms with Gasteiger partial charge < -0.3 is 21.3 Å². The Balaban J connectivity index is 1.74. The fourth-order valence-corrected chi connectivity index (χ4v) is 4.32. The summed E-state index contributed by atoms with van der Waals surface area (Å²) in [5.74, 6) is -2.00. The zero-order valence-corrected chi connectivity index (χ0v) is 16.9. The Morgan fingerprint density at radius 3 is 2.45 bits per heavy atom. The first-order chi connectivity index (χ1) is 14.9. The number of para-hydroxylation sites is 1. The van der Waals surface area contributed by atoms with Crippen molar-refractivity contribution in [1.82, 2.24) is 10.6 Å². The van der Waals surface area contributed by atoms with Crippen LogP contribution >= 0.6 is 0 Å². The average molecular weight is 420 g/mol. The molecule has 2 aliphatic heterocycles. The highest BCUT2D eigenvalue weighted by Crippen LogP contribution is 2.35. The van der Waals surface area contributed by atoms with Crippen molar-refractivity contribution in [1.29, 1.82) is 0 Å². The van der Waals surface area contributed by atoms with Gasteiger partial charge in [-0.2, -0.15) is 0 Å². The summed E-state index contributed by atoms with van der Waals surface area (Å²) in [5, 5.41) is 5.50. The van der Waals surface area contributed by atoms with E-state index in [9.17, 15) is 19.2 Å². The summed E-state index contributed by atoms with van der Waals surface area (Å²) in [4.78, 5) is 51.2. The third kappa shape index (κ3) is 4.28. The number of primary amides is 1. The van der Waals surface area contributed by atoms with Gasteiger partial charge in [-0.25, -0.2) is 0 Å². The zero-order valence-electron chi connectivity index (χ0n) is 16.9. The molecule has 0 unspecified atom stereocenters. The fraction of sp³-hybridized carbons (Fsp3) is 0.304. The second-order valence-corrected chi connectivity index (χ2v) is 7.89. The fourth-order valence-electron chi connectivity index (χ4n) is 4.32. The predicted octanol–water partition coefficient (Wildman–Crippen LogP) is 0.608. The number of anilines is 1. The van der Waals surface area contributed by atoms with Crippen LogP contribution < -0.4 is 21.3 Å². The predicted molar refractivity (Wildman–Crippen MR) is 114 cm³/mol. The number of carbonyl (C=O) groups is 4. The molecule has 4 rings (SSSR count). The highest BCUT2D eigenvalue weighted by molar-refractivity contribution is 6.05. The maximum absolute atomic E-state index is 13.7. The summed E-state index contributed by atoms with van der Waals surface area (Å²) in [7, 11) is 0. The molecule has 8 nitrogen and oxygen atoms in total. The van der Waals surface area contributed by atoms with Gasteiger partial charge in [0.1, 0.15) is 18.6 Å². The maximum atomic E-state index is 13.7. The molecule has 0 aromatic heterocycles. The molecule has 0 bridgehead atoms. The zero-order chi connectivity index (χ0) is 22.0. The van der Waals surface area contributed by atoms with Crippen LogP contribution in [0.3, 0.4) is 0 Å². The minimum Gasteiger partial charge on any atom is -0.368 e. The summed E-state index contributed by atoms with van der Waals surface area (Å²) in [6.45, 7) is -0.288. The van der Waals surface area contributed by atoms with Crippen molar-refractivity contribution in [3.63, 3.8) is 0 Å². The normalized spacial score (nSPS) is 23.0. The molecule has 1 saturated heterocycles. The van der Waals surface area contributed by atoms with Crippen molar-refractivity contribution in [3.8, 4) is 0 Å². The van der Waals surface area contributed by atoms with Crippen LogP contribution in [0, 0.1) is 0 Å². The SMILES string of the molecule is NC(=O)CN1C(=O)[C@@H](NC(=O)[C@@H]2CCC(=O)N2)[C@H](c2ccccc2)Cc2ccccc21. The summed E-state index contributed by atoms with van der Waals surface area (Å²) < 4.78 is 0. The molecule has 0 radical (unpaired) electrons. The number of nitrogens with one attached hydrogen (secondary N) is 2. The van der Waals surface area contributed by atoms with Gasteiger partial charge in [0.05, 0.1) is 0 Å². The van der Waals surface area contributed by atoms with Crippen molar-refractivity contribution in [2.24, 2.45) is 5.73 Å². The molecule has 4 N–H and O–H groups in total. The largest absolute Gasteiger partial charge is 0.368 e. The molecule has 2 aromatic rings. The van der Waals surface area contributed by atoms with Crippen molar-refractivity contribution in [2.45, 2.75) is 37.3 Å². The first kappa shape index (κ1) is 20.6. The van der Waals surface area contributed by atoms with E-state index >= 15 is 0 Å². The van der Waals surface area contributed by atoms with Gasteiger partial charge in [-0.1, -0.05) is 48.5 Å². The number of rotatable bonds is 5. The molecule has 0 aliphatic carbocycles. The number of carbonyl (C=O) groups excluding carboxylic acids is 4. The Bertz CT molecular complexity index is 1020. The number of hydrogen-bond donors (Lipinski definition) is 3. The monoisotopic (exact) mass is 420 g/mol. The molecule has 1 fully saturated rings. The second-order valence-electron chi connectivity index (χ2n) is 7.89. The third-order valence-corrected chi connectivity index (χ3v) is 5.81. The molecule has 31 heavy (non-hydrogen) atoms. The number of amides is 4. The van der Waals surface area contributed by atoms with Crippen molar-refractivity contribution >= 4 is 29.3 Å². The van der Waals surface area contributed by atoms with Crippen LogP contribution in [0.25, 0.3) is 0 Å². The molecule has 8 heteroatoms. The van der Waals surface area contributed by atoms with E-state index < -0.39 is 29.8 Å². The van der Waals surface area contributed by atoms with E-state index in [1.54, 1.807) is 12.1 Å². The highest BCUT2D eigenvalue weighted by Gasteiger charge is 2.40. The Kier molecular flexibility index (Phi) is 5.70. The minimum atomic E-state index is -0.917. The van der Waals surface area contributed by atoms with Crippen LogP contribution in [0.15, 0.2) is 54.6 Å². The van der Waals surface area contributed by atoms with Gasteiger partial charge in [-0.15, -0.1) is 0 Å². The van der Waals surface area contributed by atoms with Gasteiger partial charge in [0.2, 0.25) is 17.7 Å². The van der Waals surface area contributed by atoms with Crippen molar-refractivity contribution < 1.29 is 19.2 Å². The molecule has 2 aliphatic rings. The lowest BCUT2D eigenvalue weighted by Gasteiger charge is -2.29. The van der Waals surface area contributed by atoms with Crippen LogP contribution in [-0.4, -0.2) is 42.3 Å². The maximum Gasteiger partial charge on any atom is 0.250 e. The van der Waals surface area contributed by atoms with Crippen molar-refractivity contribution in [2.75, 3.05) is 11.4 Å². The van der Waals surface area contributed by atoms with Crippen LogP contribution in [0.1, 0.15) is 29.9 Å². The van der Waals surface area contributed by atoms with E-state index in [0.29, 0.717) is 18.5 Å². The van der Waals surface area contributed by atoms with Crippen LogP contribution in [0.2, 0.25) is 0 Å². The number of fused-ring (bicyclic) bond motifs is 1. The first-order valence-electron chi connectivity index (χ1n) is 10.3. The molecule has 2 heterocycles. The van der Waals surface area contributed by atoms with Crippen LogP contribution in [0.5, 0.6) is 0 Å². The first-order valence-corrected chi connectivity index (χ1v) is 10.3. The average Bonchev–Trinajstić information content (AvgIpc) is 3.17. The van der Waals surface area contributed by atoms with E-state index in [1.807, 2.05) is 42.5 Å². The molecule has 0 spiro atoms. The lowest BCUT2D eigenvalue weighted by atomic mass is 9.86. The highest BCUT2D eigenvalue weighted by atomic mass is 16.2. The van der Waals surface area contributed by atoms with Gasteiger partial charge >= 0.3 is 0 Å². The number of hydrogen-bond acceptors (Lipinski definition) is 4. The van der Waals surface area contributed by atoms with Crippen molar-refractivity contribution in [3.05, 3.63) is 65.7 Å². The lowest BCUT2D eigenvalue weighted by molar-refractivity contribution is -0.130. The summed E-state index contributed by atoms with van der Waals surface area (Å²) >= 11 is 0. The second kappa shape index (κ2) is 8.59. The number of benzene rings is 2. The summed E-state index contributed by atoms with van der Waals surface area (Å²) in [6, 6.07) is 15.3. The third-order valence-electron chi connectivity index (χ3n) is 5.81. The Morgan fingerprint density at radius 1 is 1.06 bits per heavy atom. The van der Waals surface area contributed by atoms with Gasteiger partial charge in [-0.05, 0) is 30.0 Å². The lowest BCUT2D eigenvalue weighted by Crippen LogP contribution is -2.55. The Hall–Kier alpha value is -3.68. The van der Waals surface area contributed by atoms with Gasteiger partial charge in [-0.3, -0.25) is 19.2 Å². The van der Waals surface area contributed by atoms with E-state index in [2.05, 4.69) is 10.6 Å². The number of nitrogens with zero attached hydrogens (tertiary/aromatic N) is 1. The van der Waals surface area contributed by atoms with E-state index in [4.69, 9.17) is 5.73 Å². The van der Waals surface area contributed by atoms with Gasteiger partial charge in [0.15, 0.2) is 0 Å². The smallest absolute Gasteiger partial charge is 0.250 e. The molecule has 160 valence electrons.